The van der Waals surface area contributed by atoms with Gasteiger partial charge in [0.2, 0.25) is 0 Å². The Kier molecular flexibility index (Phi) is 3.25. The summed E-state index contributed by atoms with van der Waals surface area (Å²) in [5.74, 6) is 0.654. The molecule has 86 valence electrons. The van der Waals surface area contributed by atoms with E-state index in [1.54, 1.807) is 6.07 Å². The Morgan fingerprint density at radius 2 is 2.19 bits per heavy atom. The van der Waals surface area contributed by atoms with Crippen LogP contribution in [0.4, 0.5) is 4.39 Å². The van der Waals surface area contributed by atoms with Gasteiger partial charge in [-0.15, -0.1) is 0 Å². The first-order chi connectivity index (χ1) is 7.74. The minimum atomic E-state index is -0.226. The summed E-state index contributed by atoms with van der Waals surface area (Å²) in [4.78, 5) is 0. The Morgan fingerprint density at radius 3 is 2.88 bits per heavy atom. The fourth-order valence-corrected chi connectivity index (χ4v) is 1.92. The topological polar surface area (TPSA) is 25.2 Å². The lowest BCUT2D eigenvalue weighted by molar-refractivity contribution is 0.430. The summed E-state index contributed by atoms with van der Waals surface area (Å²) in [5, 5.41) is 4.03. The molecule has 3 heteroatoms. The fourth-order valence-electron chi connectivity index (χ4n) is 1.92. The second kappa shape index (κ2) is 4.66. The lowest BCUT2D eigenvalue weighted by atomic mass is 10.1. The highest BCUT2D eigenvalue weighted by molar-refractivity contribution is 5.78. The zero-order chi connectivity index (χ0) is 11.5. The van der Waals surface area contributed by atoms with Crippen molar-refractivity contribution in [2.45, 2.75) is 25.8 Å². The number of fused-ring (bicyclic) bond motifs is 1. The molecular weight excluding hydrogens is 205 g/mol. The molecule has 2 rings (SSSR count). The van der Waals surface area contributed by atoms with Crippen molar-refractivity contribution in [3.8, 4) is 0 Å². The average Bonchev–Trinajstić information content (AvgIpc) is 2.68. The standard InChI is InChI=1S/C13H16FNO/c1-3-4-11(15-2)13-8-9-7-10(14)5-6-12(9)16-13/h5-8,11,15H,3-4H2,1-2H3. The zero-order valence-corrected chi connectivity index (χ0v) is 9.59. The van der Waals surface area contributed by atoms with E-state index < -0.39 is 0 Å². The van der Waals surface area contributed by atoms with Crippen LogP contribution in [0.3, 0.4) is 0 Å². The average molecular weight is 221 g/mol. The van der Waals surface area contributed by atoms with E-state index in [0.717, 1.165) is 29.6 Å². The summed E-state index contributed by atoms with van der Waals surface area (Å²) >= 11 is 0. The van der Waals surface area contributed by atoms with Crippen LogP contribution >= 0.6 is 0 Å². The van der Waals surface area contributed by atoms with E-state index in [-0.39, 0.29) is 11.9 Å². The molecule has 0 saturated heterocycles. The Hall–Kier alpha value is -1.35. The second-order valence-electron chi connectivity index (χ2n) is 3.96. The lowest BCUT2D eigenvalue weighted by Crippen LogP contribution is -2.15. The third kappa shape index (κ3) is 2.09. The molecule has 0 saturated carbocycles. The van der Waals surface area contributed by atoms with Gasteiger partial charge in [0, 0.05) is 5.39 Å². The molecule has 0 fully saturated rings. The summed E-state index contributed by atoms with van der Waals surface area (Å²) in [6.07, 6.45) is 2.09. The number of hydrogen-bond donors (Lipinski definition) is 1. The Morgan fingerprint density at radius 1 is 1.38 bits per heavy atom. The fraction of sp³-hybridized carbons (Fsp3) is 0.385. The van der Waals surface area contributed by atoms with Gasteiger partial charge < -0.3 is 9.73 Å². The van der Waals surface area contributed by atoms with Crippen molar-refractivity contribution in [3.05, 3.63) is 35.8 Å². The second-order valence-corrected chi connectivity index (χ2v) is 3.96. The van der Waals surface area contributed by atoms with Crippen molar-refractivity contribution in [3.63, 3.8) is 0 Å². The maximum atomic E-state index is 13.0. The number of benzene rings is 1. The summed E-state index contributed by atoms with van der Waals surface area (Å²) in [6.45, 7) is 2.13. The van der Waals surface area contributed by atoms with Crippen LogP contribution in [0.2, 0.25) is 0 Å². The lowest BCUT2D eigenvalue weighted by Gasteiger charge is -2.11. The van der Waals surface area contributed by atoms with Crippen LogP contribution in [-0.4, -0.2) is 7.05 Å². The number of hydrogen-bond acceptors (Lipinski definition) is 2. The van der Waals surface area contributed by atoms with Gasteiger partial charge in [-0.05, 0) is 37.7 Å². The molecule has 16 heavy (non-hydrogen) atoms. The van der Waals surface area contributed by atoms with Gasteiger partial charge in [-0.1, -0.05) is 13.3 Å². The molecule has 1 N–H and O–H groups in total. The molecule has 0 aliphatic carbocycles. The summed E-state index contributed by atoms with van der Waals surface area (Å²) < 4.78 is 18.7. The van der Waals surface area contributed by atoms with Crippen molar-refractivity contribution in [1.29, 1.82) is 0 Å². The molecule has 0 aliphatic rings. The highest BCUT2D eigenvalue weighted by Gasteiger charge is 2.13. The molecule has 0 aliphatic heterocycles. The van der Waals surface area contributed by atoms with E-state index >= 15 is 0 Å². The Bertz CT molecular complexity index is 478. The third-order valence-corrected chi connectivity index (χ3v) is 2.77. The van der Waals surface area contributed by atoms with Crippen LogP contribution < -0.4 is 5.32 Å². The molecule has 2 aromatic rings. The first-order valence-corrected chi connectivity index (χ1v) is 5.61. The maximum Gasteiger partial charge on any atom is 0.134 e. The van der Waals surface area contributed by atoms with Gasteiger partial charge in [-0.2, -0.15) is 0 Å². The van der Waals surface area contributed by atoms with Crippen molar-refractivity contribution < 1.29 is 8.81 Å². The molecule has 0 amide bonds. The van der Waals surface area contributed by atoms with Crippen LogP contribution in [0.25, 0.3) is 11.0 Å². The minimum Gasteiger partial charge on any atom is -0.459 e. The highest BCUT2D eigenvalue weighted by atomic mass is 19.1. The summed E-state index contributed by atoms with van der Waals surface area (Å²) in [6, 6.07) is 6.72. The molecule has 2 nitrogen and oxygen atoms in total. The number of rotatable bonds is 4. The van der Waals surface area contributed by atoms with Crippen molar-refractivity contribution >= 4 is 11.0 Å². The van der Waals surface area contributed by atoms with Gasteiger partial charge in [0.15, 0.2) is 0 Å². The van der Waals surface area contributed by atoms with Crippen LogP contribution in [-0.2, 0) is 0 Å². The SMILES string of the molecule is CCCC(NC)c1cc2cc(F)ccc2o1. The van der Waals surface area contributed by atoms with Crippen LogP contribution in [0.1, 0.15) is 31.6 Å². The first kappa shape index (κ1) is 11.1. The third-order valence-electron chi connectivity index (χ3n) is 2.77. The van der Waals surface area contributed by atoms with E-state index in [1.165, 1.54) is 12.1 Å². The largest absolute Gasteiger partial charge is 0.459 e. The molecule has 1 atom stereocenters. The molecule has 0 spiro atoms. The molecule has 0 bridgehead atoms. The highest BCUT2D eigenvalue weighted by Crippen LogP contribution is 2.26. The quantitative estimate of drug-likeness (QED) is 0.852. The Balaban J connectivity index is 2.37. The van der Waals surface area contributed by atoms with Gasteiger partial charge in [-0.3, -0.25) is 0 Å². The van der Waals surface area contributed by atoms with Crippen molar-refractivity contribution in [1.82, 2.24) is 5.32 Å². The van der Waals surface area contributed by atoms with Crippen molar-refractivity contribution in [2.24, 2.45) is 0 Å². The van der Waals surface area contributed by atoms with Gasteiger partial charge in [0.1, 0.15) is 17.2 Å². The number of halogens is 1. The molecular formula is C13H16FNO. The van der Waals surface area contributed by atoms with Gasteiger partial charge >= 0.3 is 0 Å². The van der Waals surface area contributed by atoms with E-state index in [2.05, 4.69) is 12.2 Å². The number of nitrogens with one attached hydrogen (secondary N) is 1. The number of furan rings is 1. The molecule has 1 heterocycles. The summed E-state index contributed by atoms with van der Waals surface area (Å²) in [7, 11) is 1.91. The van der Waals surface area contributed by atoms with E-state index in [4.69, 9.17) is 4.42 Å². The Labute approximate surface area is 94.4 Å². The van der Waals surface area contributed by atoms with Gasteiger partial charge in [0.05, 0.1) is 6.04 Å². The normalized spacial score (nSPS) is 13.2. The molecule has 1 aromatic carbocycles. The van der Waals surface area contributed by atoms with Gasteiger partial charge in [0.25, 0.3) is 0 Å². The van der Waals surface area contributed by atoms with Crippen LogP contribution in [0.15, 0.2) is 28.7 Å². The first-order valence-electron chi connectivity index (χ1n) is 5.61. The molecule has 0 radical (unpaired) electrons. The smallest absolute Gasteiger partial charge is 0.134 e. The van der Waals surface area contributed by atoms with Gasteiger partial charge in [-0.25, -0.2) is 4.39 Å². The summed E-state index contributed by atoms with van der Waals surface area (Å²) in [5.41, 5.74) is 0.743. The maximum absolute atomic E-state index is 13.0. The predicted octanol–water partition coefficient (Wildman–Crippen LogP) is 3.63. The van der Waals surface area contributed by atoms with E-state index in [0.29, 0.717) is 0 Å². The van der Waals surface area contributed by atoms with Crippen LogP contribution in [0, 0.1) is 5.82 Å². The van der Waals surface area contributed by atoms with Crippen molar-refractivity contribution in [2.75, 3.05) is 7.05 Å². The minimum absolute atomic E-state index is 0.209. The van der Waals surface area contributed by atoms with E-state index in [9.17, 15) is 4.39 Å². The monoisotopic (exact) mass is 221 g/mol. The van der Waals surface area contributed by atoms with E-state index in [1.807, 2.05) is 13.1 Å². The molecule has 1 unspecified atom stereocenters. The molecule has 1 aromatic heterocycles. The zero-order valence-electron chi connectivity index (χ0n) is 9.59. The predicted molar refractivity (Wildman–Crippen MR) is 62.9 cm³/mol. The van der Waals surface area contributed by atoms with Crippen LogP contribution in [0.5, 0.6) is 0 Å².